The van der Waals surface area contributed by atoms with Crippen LogP contribution in [0.2, 0.25) is 0 Å². The Morgan fingerprint density at radius 3 is 0.312 bits per heavy atom. The second kappa shape index (κ2) is 10.6. The Morgan fingerprint density at radius 1 is 0.312 bits per heavy atom. The van der Waals surface area contributed by atoms with E-state index in [0.717, 1.165) is 0 Å². The van der Waals surface area contributed by atoms with Crippen LogP contribution < -0.4 is 55.9 Å². The fraction of sp³-hybridized carbons (Fsp3) is 0. The summed E-state index contributed by atoms with van der Waals surface area (Å²) in [7, 11) is -14.8. The monoisotopic (exact) mass is 449 g/mol. The Labute approximate surface area is 126 Å². The summed E-state index contributed by atoms with van der Waals surface area (Å²) in [5, 5.41) is 0. The largest absolute Gasteiger partial charge is 3.00 e. The number of hydrogen-bond acceptors (Lipinski definition) is 12. The van der Waals surface area contributed by atoms with Gasteiger partial charge >= 0.3 is 40.4 Å². The van der Waals surface area contributed by atoms with Crippen molar-refractivity contribution in [3.05, 3.63) is 0 Å². The summed E-state index contributed by atoms with van der Waals surface area (Å²) in [6.07, 6.45) is 0. The van der Waals surface area contributed by atoms with Crippen molar-refractivity contribution in [1.82, 2.24) is 0 Å². The maximum Gasteiger partial charge on any atom is 3.00 e. The average Bonchev–Trinajstić information content (AvgIpc) is 1.41. The quantitative estimate of drug-likeness (QED) is 0.333. The van der Waals surface area contributed by atoms with Crippen LogP contribution in [0.3, 0.4) is 0 Å². The van der Waals surface area contributed by atoms with Gasteiger partial charge in [-0.15, -0.1) is 30.7 Å². The van der Waals surface area contributed by atoms with Crippen molar-refractivity contribution in [2.24, 2.45) is 0 Å². The average molecular weight is 449 g/mol. The smallest absolute Gasteiger partial charge is 0.222 e. The Kier molecular flexibility index (Phi) is 17.5. The molecular formula is Cl3O12Sm. The molecule has 0 spiro atoms. The minimum Gasteiger partial charge on any atom is -0.222 e. The van der Waals surface area contributed by atoms with E-state index in [1.807, 2.05) is 0 Å². The first kappa shape index (κ1) is 26.3. The molecular weight excluding hydrogens is 449 g/mol. The Bertz CT molecular complexity index is 91.3. The van der Waals surface area contributed by atoms with E-state index in [-0.39, 0.29) is 40.4 Å². The minimum atomic E-state index is -4.94. The molecule has 0 N–H and O–H groups in total. The van der Waals surface area contributed by atoms with Crippen LogP contribution in [-0.4, -0.2) is 0 Å². The van der Waals surface area contributed by atoms with E-state index in [1.165, 1.54) is 0 Å². The van der Waals surface area contributed by atoms with Crippen LogP contribution in [0.1, 0.15) is 0 Å². The fourth-order valence-electron chi connectivity index (χ4n) is 0. The van der Waals surface area contributed by atoms with Gasteiger partial charge in [-0.05, 0) is 0 Å². The third-order valence-electron chi connectivity index (χ3n) is 0. The van der Waals surface area contributed by atoms with Crippen LogP contribution in [0.5, 0.6) is 0 Å². The molecule has 0 unspecified atom stereocenters. The molecule has 0 saturated carbocycles. The SMILES string of the molecule is [O-][Cl+3]([O-])([O-])[O-].[O-][Cl+3]([O-])([O-])[O-].[O-][Cl+3]([O-])([O-])[O-].[Sm+3]. The summed E-state index contributed by atoms with van der Waals surface area (Å²) in [6.45, 7) is 0. The molecule has 16 heavy (non-hydrogen) atoms. The molecule has 0 aliphatic carbocycles. The van der Waals surface area contributed by atoms with Gasteiger partial charge in [-0.25, -0.2) is 55.9 Å². The summed E-state index contributed by atoms with van der Waals surface area (Å²) in [5.74, 6) is 0. The van der Waals surface area contributed by atoms with Gasteiger partial charge < -0.3 is 0 Å². The molecule has 0 aliphatic heterocycles. The first-order chi connectivity index (χ1) is 6.00. The maximum atomic E-state index is 8.49. The van der Waals surface area contributed by atoms with Gasteiger partial charge in [-0.1, -0.05) is 0 Å². The summed E-state index contributed by atoms with van der Waals surface area (Å²) >= 11 is 0. The molecule has 0 amide bonds. The molecule has 0 bridgehead atoms. The zero-order valence-electron chi connectivity index (χ0n) is 6.44. The predicted octanol–water partition coefficient (Wildman–Crippen LogP) is -14.3. The molecule has 0 aromatic carbocycles. The molecule has 1 radical (unpaired) electrons. The number of hydrogen-bond donors (Lipinski definition) is 0. The topological polar surface area (TPSA) is 277 Å². The van der Waals surface area contributed by atoms with Crippen molar-refractivity contribution >= 4 is 0 Å². The summed E-state index contributed by atoms with van der Waals surface area (Å²) in [5.41, 5.74) is 0. The predicted molar refractivity (Wildman–Crippen MR) is 0 cm³/mol. The van der Waals surface area contributed by atoms with Crippen LogP contribution >= 0.6 is 0 Å². The molecule has 0 heterocycles. The first-order valence-corrected chi connectivity index (χ1v) is 5.55. The molecule has 0 rings (SSSR count). The zero-order valence-corrected chi connectivity index (χ0v) is 11.3. The summed E-state index contributed by atoms with van der Waals surface area (Å²) in [4.78, 5) is 0. The van der Waals surface area contributed by atoms with Crippen LogP contribution in [0, 0.1) is 71.1 Å². The van der Waals surface area contributed by atoms with E-state index in [2.05, 4.69) is 0 Å². The fourth-order valence-corrected chi connectivity index (χ4v) is 0. The van der Waals surface area contributed by atoms with Gasteiger partial charge in [-0.2, -0.15) is 0 Å². The summed E-state index contributed by atoms with van der Waals surface area (Å²) < 4.78 is 102. The molecule has 0 aromatic rings. The third-order valence-corrected chi connectivity index (χ3v) is 0. The molecule has 99 valence electrons. The molecule has 0 saturated heterocycles. The van der Waals surface area contributed by atoms with Gasteiger partial charge in [0.15, 0.2) is 0 Å². The van der Waals surface area contributed by atoms with Gasteiger partial charge in [0.2, 0.25) is 0 Å². The molecule has 12 nitrogen and oxygen atoms in total. The van der Waals surface area contributed by atoms with E-state index < -0.39 is 30.7 Å². The van der Waals surface area contributed by atoms with Gasteiger partial charge in [0, 0.05) is 0 Å². The zero-order chi connectivity index (χ0) is 13.5. The summed E-state index contributed by atoms with van der Waals surface area (Å²) in [6, 6.07) is 0. The van der Waals surface area contributed by atoms with Crippen LogP contribution in [0.4, 0.5) is 0 Å². The van der Waals surface area contributed by atoms with Crippen molar-refractivity contribution in [3.63, 3.8) is 0 Å². The normalized spacial score (nSPS) is 11.2. The van der Waals surface area contributed by atoms with E-state index in [9.17, 15) is 0 Å². The maximum absolute atomic E-state index is 8.49. The molecule has 0 aromatic heterocycles. The van der Waals surface area contributed by atoms with Gasteiger partial charge in [0.05, 0.1) is 0 Å². The number of rotatable bonds is 0. The van der Waals surface area contributed by atoms with Crippen molar-refractivity contribution in [1.29, 1.82) is 0 Å². The Morgan fingerprint density at radius 2 is 0.312 bits per heavy atom. The van der Waals surface area contributed by atoms with Gasteiger partial charge in [0.25, 0.3) is 0 Å². The first-order valence-electron chi connectivity index (χ1n) is 1.85. The van der Waals surface area contributed by atoms with Crippen LogP contribution in [0.15, 0.2) is 0 Å². The van der Waals surface area contributed by atoms with Crippen molar-refractivity contribution < 1.29 is 127 Å². The molecule has 16 heteroatoms. The van der Waals surface area contributed by atoms with Crippen molar-refractivity contribution in [2.45, 2.75) is 0 Å². The minimum absolute atomic E-state index is 0. The van der Waals surface area contributed by atoms with Crippen LogP contribution in [0.25, 0.3) is 0 Å². The second-order valence-electron chi connectivity index (χ2n) is 1.13. The van der Waals surface area contributed by atoms with E-state index in [1.54, 1.807) is 0 Å². The van der Waals surface area contributed by atoms with E-state index in [0.29, 0.717) is 0 Å². The van der Waals surface area contributed by atoms with E-state index >= 15 is 0 Å². The molecule has 0 fully saturated rings. The van der Waals surface area contributed by atoms with Crippen molar-refractivity contribution in [3.8, 4) is 0 Å². The Hall–Kier alpha value is 1.73. The Balaban J connectivity index is -0.0000000655. The van der Waals surface area contributed by atoms with E-state index in [4.69, 9.17) is 55.9 Å². The standard InChI is InChI=1S/3ClHO4.Sm/c3*2-1(3,4)5;/h3*(H,2,3,4,5);/q;;;+3/p-3. The third kappa shape index (κ3) is 1140. The second-order valence-corrected chi connectivity index (χ2v) is 3.40. The van der Waals surface area contributed by atoms with Crippen LogP contribution in [-0.2, 0) is 0 Å². The number of halogens is 3. The molecule has 0 atom stereocenters. The van der Waals surface area contributed by atoms with Gasteiger partial charge in [-0.3, -0.25) is 0 Å². The molecule has 0 aliphatic rings. The van der Waals surface area contributed by atoms with Crippen molar-refractivity contribution in [2.75, 3.05) is 0 Å². The van der Waals surface area contributed by atoms with Gasteiger partial charge in [0.1, 0.15) is 0 Å².